The van der Waals surface area contributed by atoms with Crippen molar-refractivity contribution in [1.29, 1.82) is 0 Å². The van der Waals surface area contributed by atoms with Crippen LogP contribution in [0.15, 0.2) is 76.5 Å². The summed E-state index contributed by atoms with van der Waals surface area (Å²) in [6.45, 7) is 3.76. The number of hydrogen-bond donors (Lipinski definition) is 3. The summed E-state index contributed by atoms with van der Waals surface area (Å²) in [6, 6.07) is 12.7. The van der Waals surface area contributed by atoms with Crippen LogP contribution in [0.4, 0.5) is 0 Å². The largest absolute Gasteiger partial charge is 0.456 e. The van der Waals surface area contributed by atoms with Gasteiger partial charge in [0.15, 0.2) is 0 Å². The molecule has 0 spiro atoms. The van der Waals surface area contributed by atoms with Gasteiger partial charge in [0.05, 0.1) is 10.6 Å². The zero-order valence-electron chi connectivity index (χ0n) is 17.1. The van der Waals surface area contributed by atoms with Crippen LogP contribution < -0.4 is 21.1 Å². The highest BCUT2D eigenvalue weighted by atomic mass is 79.9. The van der Waals surface area contributed by atoms with Crippen molar-refractivity contribution in [3.63, 3.8) is 0 Å². The molecular formula is C23H22BrClN4O3. The Morgan fingerprint density at radius 3 is 2.56 bits per heavy atom. The van der Waals surface area contributed by atoms with E-state index in [0.717, 1.165) is 16.2 Å². The number of hydrogen-bond acceptors (Lipinski definition) is 5. The van der Waals surface area contributed by atoms with Gasteiger partial charge in [-0.05, 0) is 48.7 Å². The van der Waals surface area contributed by atoms with Crippen molar-refractivity contribution in [1.82, 2.24) is 10.6 Å². The predicted molar refractivity (Wildman–Crippen MR) is 129 cm³/mol. The van der Waals surface area contributed by atoms with E-state index in [1.54, 1.807) is 24.3 Å². The maximum absolute atomic E-state index is 12.7. The van der Waals surface area contributed by atoms with Crippen molar-refractivity contribution in [3.8, 4) is 11.5 Å². The highest BCUT2D eigenvalue weighted by Crippen LogP contribution is 2.36. The third-order valence-corrected chi connectivity index (χ3v) is 5.59. The fourth-order valence-electron chi connectivity index (χ4n) is 2.85. The normalized spacial score (nSPS) is 14.6. The van der Waals surface area contributed by atoms with Gasteiger partial charge in [-0.2, -0.15) is 0 Å². The summed E-state index contributed by atoms with van der Waals surface area (Å²) < 4.78 is 6.66. The number of carbonyl (C=O) groups excluding carboxylic acids is 2. The quantitative estimate of drug-likeness (QED) is 0.342. The summed E-state index contributed by atoms with van der Waals surface area (Å²) in [5.74, 6) is 0.465. The average molecular weight is 518 g/mol. The minimum absolute atomic E-state index is 0.158. The van der Waals surface area contributed by atoms with Crippen LogP contribution in [0.5, 0.6) is 11.5 Å². The molecule has 7 nitrogen and oxygen atoms in total. The first kappa shape index (κ1) is 23.6. The summed E-state index contributed by atoms with van der Waals surface area (Å²) in [5, 5.41) is 6.11. The molecule has 4 N–H and O–H groups in total. The number of nitrogens with one attached hydrogen (secondary N) is 2. The van der Waals surface area contributed by atoms with Crippen LogP contribution in [0.1, 0.15) is 18.4 Å². The van der Waals surface area contributed by atoms with E-state index in [1.807, 2.05) is 18.2 Å². The van der Waals surface area contributed by atoms with Gasteiger partial charge in [0.1, 0.15) is 17.0 Å². The zero-order valence-corrected chi connectivity index (χ0v) is 19.4. The Morgan fingerprint density at radius 2 is 1.97 bits per heavy atom. The lowest BCUT2D eigenvalue weighted by Gasteiger charge is -2.17. The topological polar surface area (TPSA) is 106 Å². The minimum Gasteiger partial charge on any atom is -0.456 e. The van der Waals surface area contributed by atoms with Crippen LogP contribution in [-0.2, 0) is 16.1 Å². The Labute approximate surface area is 199 Å². The van der Waals surface area contributed by atoms with Crippen LogP contribution in [-0.4, -0.2) is 23.6 Å². The molecule has 1 aliphatic rings. The molecule has 0 radical (unpaired) electrons. The van der Waals surface area contributed by atoms with E-state index in [4.69, 9.17) is 22.1 Å². The van der Waals surface area contributed by atoms with Gasteiger partial charge in [0.2, 0.25) is 5.91 Å². The fourth-order valence-corrected chi connectivity index (χ4v) is 3.56. The molecule has 1 fully saturated rings. The molecule has 0 aromatic heterocycles. The fraction of sp³-hybridized carbons (Fsp3) is 0.174. The number of aliphatic imine (C=N–C) groups is 1. The van der Waals surface area contributed by atoms with Gasteiger partial charge in [0, 0.05) is 29.6 Å². The standard InChI is InChI=1S/C23H22BrClN4O3/c1-2-27-14-16(12-26)21(30)29-23(9-10-23)22(31)28-13-15-3-6-18(7-4-15)32-20-8-5-17(24)11-19(20)25/h2-8,11-12,14H,1,9-10,13,26H2,(H,28,31)(H,29,30)/b16-12+,27-14-. The van der Waals surface area contributed by atoms with Gasteiger partial charge in [-0.25, -0.2) is 0 Å². The highest BCUT2D eigenvalue weighted by Gasteiger charge is 2.51. The molecule has 3 rings (SSSR count). The Balaban J connectivity index is 1.55. The first-order chi connectivity index (χ1) is 15.4. The molecule has 1 saturated carbocycles. The molecule has 32 heavy (non-hydrogen) atoms. The Hall–Kier alpha value is -3.10. The number of benzene rings is 2. The van der Waals surface area contributed by atoms with Gasteiger partial charge >= 0.3 is 0 Å². The third-order valence-electron chi connectivity index (χ3n) is 4.80. The van der Waals surface area contributed by atoms with Crippen molar-refractivity contribution < 1.29 is 14.3 Å². The molecule has 2 amide bonds. The summed E-state index contributed by atoms with van der Waals surface area (Å²) in [4.78, 5) is 28.8. The number of amides is 2. The molecule has 0 atom stereocenters. The van der Waals surface area contributed by atoms with Gasteiger partial charge in [-0.1, -0.05) is 46.2 Å². The summed E-state index contributed by atoms with van der Waals surface area (Å²) in [5.41, 5.74) is 5.59. The lowest BCUT2D eigenvalue weighted by molar-refractivity contribution is -0.128. The zero-order chi connectivity index (χ0) is 23.1. The number of carbonyl (C=O) groups is 2. The first-order valence-corrected chi connectivity index (χ1v) is 10.9. The maximum Gasteiger partial charge on any atom is 0.255 e. The third kappa shape index (κ3) is 5.99. The van der Waals surface area contributed by atoms with E-state index in [9.17, 15) is 9.59 Å². The predicted octanol–water partition coefficient (Wildman–Crippen LogP) is 4.22. The first-order valence-electron chi connectivity index (χ1n) is 9.75. The molecule has 1 aliphatic carbocycles. The number of ether oxygens (including phenoxy) is 1. The minimum atomic E-state index is -0.922. The van der Waals surface area contributed by atoms with Crippen LogP contribution >= 0.6 is 27.5 Å². The van der Waals surface area contributed by atoms with Gasteiger partial charge < -0.3 is 21.1 Å². The van der Waals surface area contributed by atoms with Gasteiger partial charge in [0.25, 0.3) is 5.91 Å². The van der Waals surface area contributed by atoms with Crippen molar-refractivity contribution in [2.24, 2.45) is 10.7 Å². The smallest absolute Gasteiger partial charge is 0.255 e. The number of halogens is 2. The Kier molecular flexibility index (Phi) is 7.71. The molecule has 0 bridgehead atoms. The van der Waals surface area contributed by atoms with Gasteiger partial charge in [-0.15, -0.1) is 0 Å². The number of rotatable bonds is 9. The lowest BCUT2D eigenvalue weighted by atomic mass is 10.1. The van der Waals surface area contributed by atoms with Crippen molar-refractivity contribution in [3.05, 3.63) is 82.1 Å². The van der Waals surface area contributed by atoms with Crippen molar-refractivity contribution >= 4 is 45.6 Å². The summed E-state index contributed by atoms with van der Waals surface area (Å²) >= 11 is 9.54. The molecule has 0 aliphatic heterocycles. The molecule has 2 aromatic rings. The van der Waals surface area contributed by atoms with E-state index in [1.165, 1.54) is 12.4 Å². The van der Waals surface area contributed by atoms with Crippen LogP contribution in [0.25, 0.3) is 0 Å². The highest BCUT2D eigenvalue weighted by molar-refractivity contribution is 9.10. The van der Waals surface area contributed by atoms with E-state index in [0.29, 0.717) is 35.9 Å². The van der Waals surface area contributed by atoms with Crippen molar-refractivity contribution in [2.45, 2.75) is 24.9 Å². The van der Waals surface area contributed by atoms with E-state index >= 15 is 0 Å². The molecule has 9 heteroatoms. The average Bonchev–Trinajstić information content (AvgIpc) is 3.56. The SMILES string of the molecule is C=C/N=C\C(=C/N)C(=O)NC1(C(=O)NCc2ccc(Oc3ccc(Br)cc3Cl)cc2)CC1. The molecule has 0 heterocycles. The molecule has 0 saturated heterocycles. The second kappa shape index (κ2) is 10.5. The van der Waals surface area contributed by atoms with E-state index in [2.05, 4.69) is 38.1 Å². The van der Waals surface area contributed by atoms with Crippen LogP contribution in [0.3, 0.4) is 0 Å². The van der Waals surface area contributed by atoms with Crippen LogP contribution in [0, 0.1) is 0 Å². The number of nitrogens with zero attached hydrogens (tertiary/aromatic N) is 1. The molecule has 166 valence electrons. The maximum atomic E-state index is 12.7. The Bertz CT molecular complexity index is 1080. The van der Waals surface area contributed by atoms with E-state index < -0.39 is 11.4 Å². The second-order valence-corrected chi connectivity index (χ2v) is 8.45. The second-order valence-electron chi connectivity index (χ2n) is 7.12. The monoisotopic (exact) mass is 516 g/mol. The number of nitrogens with two attached hydrogens (primary N) is 1. The van der Waals surface area contributed by atoms with Crippen molar-refractivity contribution in [2.75, 3.05) is 0 Å². The lowest BCUT2D eigenvalue weighted by Crippen LogP contribution is -2.49. The van der Waals surface area contributed by atoms with E-state index in [-0.39, 0.29) is 11.5 Å². The molecule has 0 unspecified atom stereocenters. The summed E-state index contributed by atoms with van der Waals surface area (Å²) in [6.07, 6.45) is 4.84. The molecular weight excluding hydrogens is 496 g/mol. The van der Waals surface area contributed by atoms with Gasteiger partial charge in [-0.3, -0.25) is 14.6 Å². The molecule has 2 aromatic carbocycles. The Morgan fingerprint density at radius 1 is 1.25 bits per heavy atom. The summed E-state index contributed by atoms with van der Waals surface area (Å²) in [7, 11) is 0. The van der Waals surface area contributed by atoms with Crippen LogP contribution in [0.2, 0.25) is 5.02 Å².